The van der Waals surface area contributed by atoms with E-state index in [0.29, 0.717) is 40.8 Å². The van der Waals surface area contributed by atoms with Gasteiger partial charge in [0.1, 0.15) is 17.5 Å². The highest BCUT2D eigenvalue weighted by Gasteiger charge is 2.24. The van der Waals surface area contributed by atoms with Gasteiger partial charge in [-0.15, -0.1) is 11.3 Å². The van der Waals surface area contributed by atoms with Crippen LogP contribution in [0.2, 0.25) is 0 Å². The first kappa shape index (κ1) is 26.9. The van der Waals surface area contributed by atoms with E-state index in [0.717, 1.165) is 28.6 Å². The summed E-state index contributed by atoms with van der Waals surface area (Å²) in [6.07, 6.45) is 1.70. The first-order valence-corrected chi connectivity index (χ1v) is 13.4. The van der Waals surface area contributed by atoms with Gasteiger partial charge in [0.05, 0.1) is 31.9 Å². The molecule has 0 radical (unpaired) electrons. The third kappa shape index (κ3) is 6.42. The van der Waals surface area contributed by atoms with E-state index in [4.69, 9.17) is 9.97 Å². The van der Waals surface area contributed by atoms with E-state index in [1.165, 1.54) is 23.5 Å². The Morgan fingerprint density at radius 2 is 1.70 bits per heavy atom. The van der Waals surface area contributed by atoms with E-state index in [1.807, 2.05) is 6.07 Å². The van der Waals surface area contributed by atoms with Gasteiger partial charge >= 0.3 is 0 Å². The van der Waals surface area contributed by atoms with Crippen molar-refractivity contribution in [2.24, 2.45) is 5.92 Å². The molecule has 0 fully saturated rings. The van der Waals surface area contributed by atoms with Crippen LogP contribution in [-0.2, 0) is 5.41 Å². The second-order valence-corrected chi connectivity index (χ2v) is 11.8. The average Bonchev–Trinajstić information content (AvgIpc) is 3.30. The Morgan fingerprint density at radius 1 is 0.973 bits per heavy atom. The average molecular weight is 544 g/mol. The molecule has 0 saturated carbocycles. The van der Waals surface area contributed by atoms with Gasteiger partial charge in [-0.2, -0.15) is 0 Å². The minimum Gasteiger partial charge on any atom is -0.354 e. The Morgan fingerprint density at radius 3 is 2.38 bits per heavy atom. The molecule has 2 heterocycles. The van der Waals surface area contributed by atoms with E-state index in [2.05, 4.69) is 49.6 Å². The summed E-state index contributed by atoms with van der Waals surface area (Å²) >= 11 is 2.20. The molecular weight excluding hydrogens is 515 g/mol. The van der Waals surface area contributed by atoms with Crippen LogP contribution in [0.25, 0.3) is 21.8 Å². The topological polar surface area (TPSA) is 62.7 Å². The summed E-state index contributed by atoms with van der Waals surface area (Å²) in [4.78, 5) is 14.5. The van der Waals surface area contributed by atoms with Gasteiger partial charge < -0.3 is 10.0 Å². The Bertz CT molecular complexity index is 1380. The van der Waals surface area contributed by atoms with Crippen molar-refractivity contribution in [2.75, 3.05) is 16.6 Å². The number of halogens is 3. The van der Waals surface area contributed by atoms with Gasteiger partial charge in [0.2, 0.25) is 5.95 Å². The third-order valence-corrected chi connectivity index (χ3v) is 7.67. The van der Waals surface area contributed by atoms with Crippen LogP contribution in [0.4, 0.5) is 24.8 Å². The van der Waals surface area contributed by atoms with Gasteiger partial charge in [0, 0.05) is 23.7 Å². The molecule has 0 aliphatic carbocycles. The second-order valence-electron chi connectivity index (χ2n) is 9.94. The predicted molar refractivity (Wildman–Crippen MR) is 146 cm³/mol. The molecule has 0 atom stereocenters. The van der Waals surface area contributed by atoms with Crippen LogP contribution in [0.1, 0.15) is 39.6 Å². The minimum absolute atomic E-state index is 0.0865. The molecule has 2 aromatic heterocycles. The van der Waals surface area contributed by atoms with E-state index >= 15 is 0 Å². The van der Waals surface area contributed by atoms with Gasteiger partial charge in [-0.1, -0.05) is 40.7 Å². The Kier molecular flexibility index (Phi) is 8.08. The Hall–Kier alpha value is -3.11. The van der Waals surface area contributed by atoms with Gasteiger partial charge in [-0.05, 0) is 54.3 Å². The highest BCUT2D eigenvalue weighted by Crippen LogP contribution is 2.41. The highest BCUT2D eigenvalue weighted by molar-refractivity contribution is 8.00. The highest BCUT2D eigenvalue weighted by atomic mass is 32.2. The zero-order chi connectivity index (χ0) is 26.7. The van der Waals surface area contributed by atoms with Crippen molar-refractivity contribution in [3.8, 4) is 21.8 Å². The fourth-order valence-corrected chi connectivity index (χ4v) is 5.13. The monoisotopic (exact) mass is 543 g/mol. The van der Waals surface area contributed by atoms with Crippen LogP contribution >= 0.6 is 23.3 Å². The summed E-state index contributed by atoms with van der Waals surface area (Å²) < 4.78 is 45.6. The van der Waals surface area contributed by atoms with Gasteiger partial charge in [-0.25, -0.2) is 28.1 Å². The quantitative estimate of drug-likeness (QED) is 0.219. The van der Waals surface area contributed by atoms with Crippen LogP contribution in [0.5, 0.6) is 0 Å². The van der Waals surface area contributed by atoms with Crippen molar-refractivity contribution in [1.29, 1.82) is 0 Å². The lowest BCUT2D eigenvalue weighted by atomic mass is 9.98. The summed E-state index contributed by atoms with van der Waals surface area (Å²) in [6.45, 7) is 11.2. The Labute approximate surface area is 223 Å². The molecule has 0 saturated heterocycles. The van der Waals surface area contributed by atoms with Crippen LogP contribution in [-0.4, -0.2) is 21.5 Å². The number of nitrogens with zero attached hydrogens (tertiary/aromatic N) is 3. The molecule has 0 spiro atoms. The molecule has 0 amide bonds. The SMILES string of the molecule is CC(C)CNc1nccc(-c2sc(C(C)(C)C)nc2-c2ccc(F)c(NSc3c(F)cccc3F)c2)n1. The molecule has 0 aliphatic rings. The van der Waals surface area contributed by atoms with Gasteiger partial charge in [-0.3, -0.25) is 0 Å². The van der Waals surface area contributed by atoms with Gasteiger partial charge in [0.25, 0.3) is 0 Å². The second kappa shape index (κ2) is 11.1. The number of benzene rings is 2. The maximum absolute atomic E-state index is 14.7. The number of anilines is 2. The molecule has 0 bridgehead atoms. The first-order chi connectivity index (χ1) is 17.5. The number of hydrogen-bond donors (Lipinski definition) is 2. The summed E-state index contributed by atoms with van der Waals surface area (Å²) in [5, 5.41) is 4.14. The largest absolute Gasteiger partial charge is 0.354 e. The number of thiazole rings is 1. The number of hydrogen-bond acceptors (Lipinski definition) is 7. The van der Waals surface area contributed by atoms with E-state index < -0.39 is 17.5 Å². The van der Waals surface area contributed by atoms with Crippen LogP contribution in [0, 0.1) is 23.4 Å². The van der Waals surface area contributed by atoms with E-state index in [1.54, 1.807) is 18.3 Å². The summed E-state index contributed by atoms with van der Waals surface area (Å²) in [5.74, 6) is -1.05. The van der Waals surface area contributed by atoms with Crippen molar-refractivity contribution in [2.45, 2.75) is 44.9 Å². The van der Waals surface area contributed by atoms with Crippen LogP contribution in [0.3, 0.4) is 0 Å². The van der Waals surface area contributed by atoms with Crippen LogP contribution in [0.15, 0.2) is 53.6 Å². The van der Waals surface area contributed by atoms with Crippen molar-refractivity contribution in [1.82, 2.24) is 15.0 Å². The number of rotatable bonds is 8. The van der Waals surface area contributed by atoms with Crippen molar-refractivity contribution in [3.05, 3.63) is 71.1 Å². The lowest BCUT2D eigenvalue weighted by Gasteiger charge is -2.13. The molecule has 5 nitrogen and oxygen atoms in total. The molecule has 4 rings (SSSR count). The fourth-order valence-electron chi connectivity index (χ4n) is 3.31. The molecular formula is C27H28F3N5S2. The summed E-state index contributed by atoms with van der Waals surface area (Å²) in [7, 11) is 0. The number of aromatic nitrogens is 3. The molecule has 10 heteroatoms. The zero-order valence-electron chi connectivity index (χ0n) is 21.2. The number of nitrogens with one attached hydrogen (secondary N) is 2. The normalized spacial score (nSPS) is 11.7. The summed E-state index contributed by atoms with van der Waals surface area (Å²) in [5.41, 5.74) is 1.86. The molecule has 194 valence electrons. The lowest BCUT2D eigenvalue weighted by molar-refractivity contribution is 0.541. The van der Waals surface area contributed by atoms with E-state index in [9.17, 15) is 13.2 Å². The maximum atomic E-state index is 14.7. The van der Waals surface area contributed by atoms with E-state index in [-0.39, 0.29) is 16.0 Å². The smallest absolute Gasteiger partial charge is 0.223 e. The van der Waals surface area contributed by atoms with Crippen molar-refractivity contribution in [3.63, 3.8) is 0 Å². The molecule has 0 aliphatic heterocycles. The molecule has 0 unspecified atom stereocenters. The first-order valence-electron chi connectivity index (χ1n) is 11.8. The zero-order valence-corrected chi connectivity index (χ0v) is 22.8. The van der Waals surface area contributed by atoms with Gasteiger partial charge in [0.15, 0.2) is 0 Å². The van der Waals surface area contributed by atoms with Crippen molar-refractivity contribution < 1.29 is 13.2 Å². The molecule has 4 aromatic rings. The minimum atomic E-state index is -0.726. The molecule has 2 aromatic carbocycles. The molecule has 2 N–H and O–H groups in total. The maximum Gasteiger partial charge on any atom is 0.223 e. The predicted octanol–water partition coefficient (Wildman–Crippen LogP) is 8.17. The van der Waals surface area contributed by atoms with Crippen LogP contribution < -0.4 is 10.0 Å². The molecule has 37 heavy (non-hydrogen) atoms. The lowest BCUT2D eigenvalue weighted by Crippen LogP contribution is -2.10. The third-order valence-electron chi connectivity index (χ3n) is 5.25. The van der Waals surface area contributed by atoms with Crippen molar-refractivity contribution >= 4 is 34.9 Å². The standard InChI is InChI=1S/C27H28F3N5S2/c1-15(2)14-32-26-31-12-11-20(33-26)24-22(34-25(36-24)27(3,4)5)16-9-10-17(28)21(13-16)35-37-23-18(29)7-6-8-19(23)30/h6-13,15,35H,14H2,1-5H3,(H,31,32,33). The summed E-state index contributed by atoms with van der Waals surface area (Å²) in [6, 6.07) is 9.95. The Balaban J connectivity index is 1.73. The fraction of sp³-hybridized carbons (Fsp3) is 0.296.